The molecule has 6 heteroatoms. The summed E-state index contributed by atoms with van der Waals surface area (Å²) in [6, 6.07) is 4.31. The van der Waals surface area contributed by atoms with Gasteiger partial charge in [-0.15, -0.1) is 0 Å². The highest BCUT2D eigenvalue weighted by atomic mass is 79.9. The third-order valence-corrected chi connectivity index (χ3v) is 3.04. The van der Waals surface area contributed by atoms with Crippen LogP contribution in [0, 0.1) is 5.82 Å². The van der Waals surface area contributed by atoms with Gasteiger partial charge in [0, 0.05) is 0 Å². The minimum atomic E-state index is -0.511. The van der Waals surface area contributed by atoms with Gasteiger partial charge in [-0.3, -0.25) is 0 Å². The molecular formula is C10H6BrClFNO2. The van der Waals surface area contributed by atoms with E-state index in [9.17, 15) is 4.39 Å². The van der Waals surface area contributed by atoms with Crippen molar-refractivity contribution in [3.63, 3.8) is 0 Å². The molecule has 3 nitrogen and oxygen atoms in total. The van der Waals surface area contributed by atoms with Crippen molar-refractivity contribution in [2.75, 3.05) is 0 Å². The first-order valence-electron chi connectivity index (χ1n) is 4.34. The summed E-state index contributed by atoms with van der Waals surface area (Å²) >= 11 is 8.95. The largest absolute Gasteiger partial charge is 0.391 e. The summed E-state index contributed by atoms with van der Waals surface area (Å²) in [7, 11) is 0. The Balaban J connectivity index is 2.67. The van der Waals surface area contributed by atoms with Crippen LogP contribution in [-0.2, 0) is 6.61 Å². The monoisotopic (exact) mass is 305 g/mol. The van der Waals surface area contributed by atoms with E-state index in [2.05, 4.69) is 21.1 Å². The van der Waals surface area contributed by atoms with Gasteiger partial charge in [-0.05, 0) is 28.1 Å². The molecule has 0 spiro atoms. The van der Waals surface area contributed by atoms with Crippen molar-refractivity contribution in [1.29, 1.82) is 0 Å². The molecule has 16 heavy (non-hydrogen) atoms. The SMILES string of the molecule is OCc1c(-c2c(F)cccc2Cl)noc1Br. The maximum absolute atomic E-state index is 13.6. The fourth-order valence-electron chi connectivity index (χ4n) is 1.35. The molecule has 0 unspecified atom stereocenters. The van der Waals surface area contributed by atoms with Crippen LogP contribution >= 0.6 is 27.5 Å². The fraction of sp³-hybridized carbons (Fsp3) is 0.100. The maximum atomic E-state index is 13.6. The van der Waals surface area contributed by atoms with E-state index in [1.165, 1.54) is 12.1 Å². The molecule has 0 aliphatic heterocycles. The van der Waals surface area contributed by atoms with E-state index < -0.39 is 5.82 Å². The topological polar surface area (TPSA) is 46.3 Å². The Morgan fingerprint density at radius 1 is 1.50 bits per heavy atom. The van der Waals surface area contributed by atoms with Gasteiger partial charge in [-0.1, -0.05) is 22.8 Å². The zero-order valence-electron chi connectivity index (χ0n) is 7.88. The smallest absolute Gasteiger partial charge is 0.208 e. The van der Waals surface area contributed by atoms with Crippen LogP contribution in [0.1, 0.15) is 5.56 Å². The predicted molar refractivity (Wildman–Crippen MR) is 60.5 cm³/mol. The second-order valence-corrected chi connectivity index (χ2v) is 4.17. The van der Waals surface area contributed by atoms with Crippen LogP contribution in [-0.4, -0.2) is 10.3 Å². The van der Waals surface area contributed by atoms with Crippen LogP contribution in [0.3, 0.4) is 0 Å². The lowest BCUT2D eigenvalue weighted by molar-refractivity contribution is 0.278. The van der Waals surface area contributed by atoms with E-state index in [1.54, 1.807) is 6.07 Å². The molecule has 2 aromatic rings. The first kappa shape index (κ1) is 11.6. The number of nitrogens with zero attached hydrogens (tertiary/aromatic N) is 1. The highest BCUT2D eigenvalue weighted by Gasteiger charge is 2.20. The van der Waals surface area contributed by atoms with Crippen LogP contribution in [0.15, 0.2) is 27.4 Å². The molecule has 0 fully saturated rings. The molecule has 0 aliphatic rings. The minimum absolute atomic E-state index is 0.127. The van der Waals surface area contributed by atoms with Gasteiger partial charge in [0.25, 0.3) is 0 Å². The predicted octanol–water partition coefficient (Wildman–Crippen LogP) is 3.39. The van der Waals surface area contributed by atoms with E-state index in [0.29, 0.717) is 5.56 Å². The summed E-state index contributed by atoms with van der Waals surface area (Å²) in [6.45, 7) is -0.315. The third kappa shape index (κ3) is 1.86. The number of benzene rings is 1. The van der Waals surface area contributed by atoms with E-state index in [1.807, 2.05) is 0 Å². The Hall–Kier alpha value is -0.910. The number of hydrogen-bond acceptors (Lipinski definition) is 3. The fourth-order valence-corrected chi connectivity index (χ4v) is 1.98. The summed E-state index contributed by atoms with van der Waals surface area (Å²) in [6.07, 6.45) is 0. The van der Waals surface area contributed by atoms with Gasteiger partial charge in [-0.25, -0.2) is 4.39 Å². The van der Waals surface area contributed by atoms with Crippen LogP contribution in [0.2, 0.25) is 5.02 Å². The van der Waals surface area contributed by atoms with Gasteiger partial charge in [0.1, 0.15) is 11.5 Å². The molecule has 1 heterocycles. The van der Waals surface area contributed by atoms with Crippen molar-refractivity contribution in [2.45, 2.75) is 6.61 Å². The number of hydrogen-bond donors (Lipinski definition) is 1. The quantitative estimate of drug-likeness (QED) is 0.925. The van der Waals surface area contributed by atoms with Crippen molar-refractivity contribution in [3.05, 3.63) is 39.3 Å². The second kappa shape index (κ2) is 4.53. The van der Waals surface area contributed by atoms with Crippen molar-refractivity contribution < 1.29 is 14.0 Å². The van der Waals surface area contributed by atoms with E-state index in [0.717, 1.165) is 0 Å². The number of aromatic nitrogens is 1. The minimum Gasteiger partial charge on any atom is -0.391 e. The average molecular weight is 307 g/mol. The molecule has 0 bridgehead atoms. The van der Waals surface area contributed by atoms with E-state index in [4.69, 9.17) is 21.2 Å². The molecule has 0 atom stereocenters. The number of aliphatic hydroxyl groups excluding tert-OH is 1. The highest BCUT2D eigenvalue weighted by molar-refractivity contribution is 9.10. The molecule has 0 saturated heterocycles. The van der Waals surface area contributed by atoms with Gasteiger partial charge in [0.15, 0.2) is 0 Å². The van der Waals surface area contributed by atoms with Crippen molar-refractivity contribution in [3.8, 4) is 11.3 Å². The lowest BCUT2D eigenvalue weighted by Gasteiger charge is -2.03. The molecule has 0 radical (unpaired) electrons. The van der Waals surface area contributed by atoms with Gasteiger partial charge in [0.2, 0.25) is 4.67 Å². The Labute approximate surface area is 104 Å². The zero-order chi connectivity index (χ0) is 11.7. The maximum Gasteiger partial charge on any atom is 0.208 e. The summed E-state index contributed by atoms with van der Waals surface area (Å²) in [4.78, 5) is 0. The number of rotatable bonds is 2. The van der Waals surface area contributed by atoms with Gasteiger partial charge in [0.05, 0.1) is 22.8 Å². The molecule has 84 valence electrons. The summed E-state index contributed by atoms with van der Waals surface area (Å²) < 4.78 is 18.7. The Morgan fingerprint density at radius 2 is 2.25 bits per heavy atom. The van der Waals surface area contributed by atoms with Gasteiger partial charge in [-0.2, -0.15) is 0 Å². The first-order chi connectivity index (χ1) is 7.65. The van der Waals surface area contributed by atoms with Gasteiger partial charge >= 0.3 is 0 Å². The third-order valence-electron chi connectivity index (χ3n) is 2.10. The number of halogens is 3. The molecule has 1 aromatic heterocycles. The molecule has 0 saturated carbocycles. The molecule has 0 amide bonds. The molecule has 1 aromatic carbocycles. The van der Waals surface area contributed by atoms with Crippen LogP contribution in [0.4, 0.5) is 4.39 Å². The van der Waals surface area contributed by atoms with Crippen LogP contribution in [0.25, 0.3) is 11.3 Å². The molecule has 1 N–H and O–H groups in total. The van der Waals surface area contributed by atoms with Gasteiger partial charge < -0.3 is 9.63 Å². The standard InChI is InChI=1S/C10H6BrClFNO2/c11-10-5(4-15)9(14-16-10)8-6(12)2-1-3-7(8)13/h1-3,15H,4H2. The van der Waals surface area contributed by atoms with Crippen LogP contribution in [0.5, 0.6) is 0 Å². The molecule has 2 rings (SSSR count). The summed E-state index contributed by atoms with van der Waals surface area (Å²) in [5.41, 5.74) is 0.701. The summed E-state index contributed by atoms with van der Waals surface area (Å²) in [5, 5.41) is 13.0. The van der Waals surface area contributed by atoms with Crippen molar-refractivity contribution >= 4 is 27.5 Å². The van der Waals surface area contributed by atoms with Crippen molar-refractivity contribution in [2.24, 2.45) is 0 Å². The average Bonchev–Trinajstić information content (AvgIpc) is 2.59. The lowest BCUT2D eigenvalue weighted by atomic mass is 10.1. The zero-order valence-corrected chi connectivity index (χ0v) is 10.2. The van der Waals surface area contributed by atoms with E-state index >= 15 is 0 Å². The van der Waals surface area contributed by atoms with Crippen molar-refractivity contribution in [1.82, 2.24) is 5.16 Å². The Bertz CT molecular complexity index is 509. The molecule has 0 aliphatic carbocycles. The summed E-state index contributed by atoms with van der Waals surface area (Å²) in [5.74, 6) is -0.511. The lowest BCUT2D eigenvalue weighted by Crippen LogP contribution is -1.91. The van der Waals surface area contributed by atoms with Crippen LogP contribution < -0.4 is 0 Å². The van der Waals surface area contributed by atoms with E-state index in [-0.39, 0.29) is 27.6 Å². The Morgan fingerprint density at radius 3 is 2.88 bits per heavy atom. The molecular weight excluding hydrogens is 300 g/mol. The first-order valence-corrected chi connectivity index (χ1v) is 5.51. The second-order valence-electron chi connectivity index (χ2n) is 3.04. The Kier molecular flexibility index (Phi) is 3.28. The normalized spacial score (nSPS) is 10.8. The highest BCUT2D eigenvalue weighted by Crippen LogP contribution is 2.35. The number of aliphatic hydroxyl groups is 1.